The number of carbonyl (C=O) groups is 1. The summed E-state index contributed by atoms with van der Waals surface area (Å²) >= 11 is 0. The Hall–Kier alpha value is -1.83. The molecule has 1 aliphatic heterocycles. The lowest BCUT2D eigenvalue weighted by atomic mass is 9.92. The molecule has 0 aliphatic carbocycles. The number of hydrogen-bond acceptors (Lipinski definition) is 1. The molecule has 1 aromatic heterocycles. The third kappa shape index (κ3) is 1.91. The van der Waals surface area contributed by atoms with E-state index in [1.807, 2.05) is 32.0 Å². The Bertz CT molecular complexity index is 650. The van der Waals surface area contributed by atoms with E-state index in [2.05, 4.69) is 23.6 Å². The van der Waals surface area contributed by atoms with Gasteiger partial charge in [-0.2, -0.15) is 0 Å². The number of hydrogen-bond donors (Lipinski definition) is 0. The average molecular weight is 267 g/mol. The molecular weight excluding hydrogens is 246 g/mol. The summed E-state index contributed by atoms with van der Waals surface area (Å²) in [6, 6.07) is 10.4. The second kappa shape index (κ2) is 4.93. The highest BCUT2D eigenvalue weighted by molar-refractivity contribution is 6.05. The number of nitrogens with zero attached hydrogens (tertiary/aromatic N) is 1. The Morgan fingerprint density at radius 1 is 1.20 bits per heavy atom. The summed E-state index contributed by atoms with van der Waals surface area (Å²) in [5.74, 6) is 0.308. The van der Waals surface area contributed by atoms with Crippen molar-refractivity contribution in [3.8, 4) is 11.1 Å². The number of Topliss-reactive ketones (excluding diaryl/α,β-unsaturated/α-hetero) is 1. The fourth-order valence-electron chi connectivity index (χ4n) is 3.27. The van der Waals surface area contributed by atoms with Gasteiger partial charge in [0.05, 0.1) is 0 Å². The van der Waals surface area contributed by atoms with E-state index in [9.17, 15) is 4.79 Å². The molecule has 1 aromatic carbocycles. The van der Waals surface area contributed by atoms with Crippen molar-refractivity contribution < 1.29 is 4.79 Å². The molecule has 0 unspecified atom stereocenters. The van der Waals surface area contributed by atoms with Gasteiger partial charge in [-0.25, -0.2) is 0 Å². The van der Waals surface area contributed by atoms with Crippen LogP contribution in [0.1, 0.15) is 42.0 Å². The van der Waals surface area contributed by atoms with Crippen LogP contribution in [0.25, 0.3) is 11.1 Å². The molecule has 20 heavy (non-hydrogen) atoms. The molecule has 2 heteroatoms. The van der Waals surface area contributed by atoms with Gasteiger partial charge in [-0.15, -0.1) is 0 Å². The molecular formula is C18H21NO. The minimum atomic E-state index is 0.0410. The maximum atomic E-state index is 12.7. The van der Waals surface area contributed by atoms with E-state index in [0.717, 1.165) is 24.2 Å². The fraction of sp³-hybridized carbons (Fsp3) is 0.389. The summed E-state index contributed by atoms with van der Waals surface area (Å²) in [6.07, 6.45) is 2.27. The molecule has 0 N–H and O–H groups in total. The average Bonchev–Trinajstić information content (AvgIpc) is 3.01. The maximum absolute atomic E-state index is 12.7. The van der Waals surface area contributed by atoms with Crippen LogP contribution in [0.5, 0.6) is 0 Å². The number of aromatic nitrogens is 1. The monoisotopic (exact) mass is 267 g/mol. The van der Waals surface area contributed by atoms with Crippen molar-refractivity contribution >= 4 is 5.78 Å². The lowest BCUT2D eigenvalue weighted by Gasteiger charge is -2.09. The van der Waals surface area contributed by atoms with E-state index in [4.69, 9.17) is 0 Å². The molecule has 0 spiro atoms. The highest BCUT2D eigenvalue weighted by Gasteiger charge is 2.28. The van der Waals surface area contributed by atoms with E-state index >= 15 is 0 Å². The fourth-order valence-corrected chi connectivity index (χ4v) is 3.27. The van der Waals surface area contributed by atoms with Crippen LogP contribution < -0.4 is 0 Å². The first-order valence-corrected chi connectivity index (χ1v) is 7.43. The van der Waals surface area contributed by atoms with Crippen LogP contribution in [0, 0.1) is 12.8 Å². The quantitative estimate of drug-likeness (QED) is 0.762. The zero-order chi connectivity index (χ0) is 14.3. The van der Waals surface area contributed by atoms with Crippen LogP contribution >= 0.6 is 0 Å². The summed E-state index contributed by atoms with van der Waals surface area (Å²) in [5, 5.41) is 0. The molecule has 0 radical (unpaired) electrons. The van der Waals surface area contributed by atoms with Crippen molar-refractivity contribution in [3.05, 3.63) is 47.3 Å². The van der Waals surface area contributed by atoms with Crippen molar-refractivity contribution in [2.75, 3.05) is 0 Å². The Labute approximate surface area is 120 Å². The molecule has 0 saturated heterocycles. The molecule has 2 aromatic rings. The lowest BCUT2D eigenvalue weighted by molar-refractivity contribution is 0.0939. The van der Waals surface area contributed by atoms with E-state index < -0.39 is 0 Å². The van der Waals surface area contributed by atoms with Gasteiger partial charge in [-0.1, -0.05) is 44.2 Å². The zero-order valence-electron chi connectivity index (χ0n) is 12.4. The van der Waals surface area contributed by atoms with Crippen LogP contribution in [0.2, 0.25) is 0 Å². The second-order valence-corrected chi connectivity index (χ2v) is 5.92. The third-order valence-corrected chi connectivity index (χ3v) is 4.26. The molecule has 0 amide bonds. The van der Waals surface area contributed by atoms with E-state index in [1.54, 1.807) is 0 Å². The van der Waals surface area contributed by atoms with Gasteiger partial charge in [0.15, 0.2) is 5.78 Å². The Morgan fingerprint density at radius 3 is 2.55 bits per heavy atom. The second-order valence-electron chi connectivity index (χ2n) is 5.92. The number of benzene rings is 1. The van der Waals surface area contributed by atoms with Gasteiger partial charge in [0.2, 0.25) is 0 Å². The first kappa shape index (κ1) is 13.2. The van der Waals surface area contributed by atoms with E-state index in [-0.39, 0.29) is 11.7 Å². The first-order valence-electron chi connectivity index (χ1n) is 7.43. The van der Waals surface area contributed by atoms with Gasteiger partial charge in [0.25, 0.3) is 0 Å². The predicted molar refractivity (Wildman–Crippen MR) is 82.1 cm³/mol. The predicted octanol–water partition coefficient (Wildman–Crippen LogP) is 4.25. The molecule has 0 bridgehead atoms. The molecule has 104 valence electrons. The van der Waals surface area contributed by atoms with Gasteiger partial charge in [-0.05, 0) is 25.3 Å². The smallest absolute Gasteiger partial charge is 0.167 e. The Kier molecular flexibility index (Phi) is 3.25. The summed E-state index contributed by atoms with van der Waals surface area (Å²) in [7, 11) is 0. The molecule has 3 rings (SSSR count). The minimum Gasteiger partial charge on any atom is -0.347 e. The summed E-state index contributed by atoms with van der Waals surface area (Å²) in [6.45, 7) is 7.11. The van der Waals surface area contributed by atoms with Crippen molar-refractivity contribution in [3.63, 3.8) is 0 Å². The lowest BCUT2D eigenvalue weighted by Crippen LogP contribution is -2.10. The van der Waals surface area contributed by atoms with E-state index in [0.29, 0.717) is 0 Å². The molecule has 0 fully saturated rings. The zero-order valence-corrected chi connectivity index (χ0v) is 12.4. The van der Waals surface area contributed by atoms with Crippen molar-refractivity contribution in [1.82, 2.24) is 4.57 Å². The Morgan fingerprint density at radius 2 is 1.90 bits per heavy atom. The highest BCUT2D eigenvalue weighted by atomic mass is 16.1. The first-order chi connectivity index (χ1) is 9.61. The standard InChI is InChI=1S/C18H21NO/c1-12(2)18(20)16-13(3)19-11-7-10-15(19)17(16)14-8-5-4-6-9-14/h4-6,8-9,12H,7,10-11H2,1-3H3. The van der Waals surface area contributed by atoms with Gasteiger partial charge >= 0.3 is 0 Å². The number of ketones is 1. The summed E-state index contributed by atoms with van der Waals surface area (Å²) in [4.78, 5) is 12.7. The topological polar surface area (TPSA) is 22.0 Å². The molecule has 0 atom stereocenters. The van der Waals surface area contributed by atoms with Crippen LogP contribution in [0.15, 0.2) is 30.3 Å². The molecule has 2 heterocycles. The number of carbonyl (C=O) groups excluding carboxylic acids is 1. The van der Waals surface area contributed by atoms with Crippen LogP contribution in [0.3, 0.4) is 0 Å². The minimum absolute atomic E-state index is 0.0410. The molecule has 1 aliphatic rings. The SMILES string of the molecule is Cc1c(C(=O)C(C)C)c(-c2ccccc2)c2n1CCC2. The summed E-state index contributed by atoms with van der Waals surface area (Å²) in [5.41, 5.74) is 5.79. The van der Waals surface area contributed by atoms with Crippen molar-refractivity contribution in [2.45, 2.75) is 40.2 Å². The highest BCUT2D eigenvalue weighted by Crippen LogP contribution is 2.37. The molecule has 2 nitrogen and oxygen atoms in total. The van der Waals surface area contributed by atoms with Crippen LogP contribution in [0.4, 0.5) is 0 Å². The number of rotatable bonds is 3. The maximum Gasteiger partial charge on any atom is 0.167 e. The van der Waals surface area contributed by atoms with Gasteiger partial charge < -0.3 is 4.57 Å². The van der Waals surface area contributed by atoms with Gasteiger partial charge in [0.1, 0.15) is 0 Å². The normalized spacial score (nSPS) is 13.8. The van der Waals surface area contributed by atoms with Gasteiger partial charge in [0, 0.05) is 35.0 Å². The van der Waals surface area contributed by atoms with E-state index in [1.165, 1.54) is 23.2 Å². The molecule has 0 saturated carbocycles. The summed E-state index contributed by atoms with van der Waals surface area (Å²) < 4.78 is 2.35. The van der Waals surface area contributed by atoms with Crippen molar-refractivity contribution in [2.24, 2.45) is 5.92 Å². The van der Waals surface area contributed by atoms with Crippen LogP contribution in [-0.2, 0) is 13.0 Å². The largest absolute Gasteiger partial charge is 0.347 e. The number of fused-ring (bicyclic) bond motifs is 1. The van der Waals surface area contributed by atoms with Crippen LogP contribution in [-0.4, -0.2) is 10.4 Å². The third-order valence-electron chi connectivity index (χ3n) is 4.26. The van der Waals surface area contributed by atoms with Gasteiger partial charge in [-0.3, -0.25) is 4.79 Å². The Balaban J connectivity index is 2.27. The van der Waals surface area contributed by atoms with Crippen molar-refractivity contribution in [1.29, 1.82) is 0 Å².